The fourth-order valence-electron chi connectivity index (χ4n) is 3.23. The highest BCUT2D eigenvalue weighted by molar-refractivity contribution is 5.50. The minimum absolute atomic E-state index is 0.566. The van der Waals surface area contributed by atoms with Crippen LogP contribution in [0.15, 0.2) is 24.3 Å². The van der Waals surface area contributed by atoms with Gasteiger partial charge in [-0.25, -0.2) is 0 Å². The van der Waals surface area contributed by atoms with Gasteiger partial charge in [0.2, 0.25) is 0 Å². The number of hydrogen-bond acceptors (Lipinski definition) is 0. The van der Waals surface area contributed by atoms with Crippen molar-refractivity contribution in [3.63, 3.8) is 0 Å². The number of hydrogen-bond donors (Lipinski definition) is 0. The summed E-state index contributed by atoms with van der Waals surface area (Å²) in [4.78, 5) is 0. The second-order valence-electron chi connectivity index (χ2n) is 4.45. The van der Waals surface area contributed by atoms with Gasteiger partial charge in [-0.3, -0.25) is 0 Å². The van der Waals surface area contributed by atoms with E-state index in [1.165, 1.54) is 19.3 Å². The SMILES string of the molecule is CC12CCCC1c1ccccc12. The Bertz CT molecular complexity index is 327. The maximum atomic E-state index is 2.44. The molecular weight excluding hydrogens is 144 g/mol. The van der Waals surface area contributed by atoms with Crippen LogP contribution in [-0.4, -0.2) is 0 Å². The molecule has 0 bridgehead atoms. The largest absolute Gasteiger partial charge is 0.0620 e. The van der Waals surface area contributed by atoms with Gasteiger partial charge in [0.25, 0.3) is 0 Å². The number of rotatable bonds is 0. The van der Waals surface area contributed by atoms with Crippen molar-refractivity contribution in [1.29, 1.82) is 0 Å². The zero-order valence-electron chi connectivity index (χ0n) is 7.51. The summed E-state index contributed by atoms with van der Waals surface area (Å²) in [5.74, 6) is 0.897. The van der Waals surface area contributed by atoms with Gasteiger partial charge in [0.05, 0.1) is 0 Å². The van der Waals surface area contributed by atoms with Gasteiger partial charge < -0.3 is 0 Å². The predicted molar refractivity (Wildman–Crippen MR) is 50.4 cm³/mol. The summed E-state index contributed by atoms with van der Waals surface area (Å²) in [6.45, 7) is 2.44. The first kappa shape index (κ1) is 6.71. The molecule has 62 valence electrons. The van der Waals surface area contributed by atoms with Crippen molar-refractivity contribution in [1.82, 2.24) is 0 Å². The Morgan fingerprint density at radius 1 is 1.33 bits per heavy atom. The molecule has 0 heterocycles. The van der Waals surface area contributed by atoms with Crippen molar-refractivity contribution in [3.8, 4) is 0 Å². The topological polar surface area (TPSA) is 0 Å². The highest BCUT2D eigenvalue weighted by Gasteiger charge is 2.50. The van der Waals surface area contributed by atoms with Gasteiger partial charge in [0.15, 0.2) is 0 Å². The minimum Gasteiger partial charge on any atom is -0.0620 e. The van der Waals surface area contributed by atoms with Crippen LogP contribution < -0.4 is 0 Å². The Balaban J connectivity index is 2.19. The van der Waals surface area contributed by atoms with Crippen molar-refractivity contribution in [2.24, 2.45) is 0 Å². The molecule has 2 atom stereocenters. The van der Waals surface area contributed by atoms with E-state index in [0.29, 0.717) is 5.41 Å². The Hall–Kier alpha value is -0.780. The second-order valence-corrected chi connectivity index (χ2v) is 4.45. The van der Waals surface area contributed by atoms with E-state index in [1.807, 2.05) is 0 Å². The molecule has 1 aromatic rings. The lowest BCUT2D eigenvalue weighted by Gasteiger charge is -2.45. The van der Waals surface area contributed by atoms with Crippen LogP contribution in [0.25, 0.3) is 0 Å². The smallest absolute Gasteiger partial charge is 0.000371 e. The molecule has 2 unspecified atom stereocenters. The highest BCUT2D eigenvalue weighted by atomic mass is 14.5. The van der Waals surface area contributed by atoms with E-state index in [4.69, 9.17) is 0 Å². The van der Waals surface area contributed by atoms with Crippen LogP contribution in [-0.2, 0) is 5.41 Å². The van der Waals surface area contributed by atoms with Gasteiger partial charge in [-0.15, -0.1) is 0 Å². The Morgan fingerprint density at radius 2 is 2.17 bits per heavy atom. The quantitative estimate of drug-likeness (QED) is 0.544. The lowest BCUT2D eigenvalue weighted by Crippen LogP contribution is -2.36. The van der Waals surface area contributed by atoms with E-state index < -0.39 is 0 Å². The van der Waals surface area contributed by atoms with Crippen LogP contribution in [0.1, 0.15) is 43.2 Å². The molecule has 0 heteroatoms. The van der Waals surface area contributed by atoms with Crippen molar-refractivity contribution in [2.75, 3.05) is 0 Å². The lowest BCUT2D eigenvalue weighted by atomic mass is 9.59. The highest BCUT2D eigenvalue weighted by Crippen LogP contribution is 2.60. The van der Waals surface area contributed by atoms with Gasteiger partial charge in [-0.05, 0) is 35.3 Å². The first-order chi connectivity index (χ1) is 5.82. The van der Waals surface area contributed by atoms with Crippen LogP contribution in [0.3, 0.4) is 0 Å². The summed E-state index contributed by atoms with van der Waals surface area (Å²) >= 11 is 0. The Labute approximate surface area is 73.6 Å². The average Bonchev–Trinajstić information content (AvgIpc) is 2.43. The van der Waals surface area contributed by atoms with E-state index in [-0.39, 0.29) is 0 Å². The molecule has 1 fully saturated rings. The molecule has 2 aliphatic carbocycles. The van der Waals surface area contributed by atoms with E-state index in [9.17, 15) is 0 Å². The minimum atomic E-state index is 0.566. The maximum absolute atomic E-state index is 2.44. The molecular formula is C12H14. The van der Waals surface area contributed by atoms with E-state index in [0.717, 1.165) is 5.92 Å². The molecule has 1 aromatic carbocycles. The second kappa shape index (κ2) is 1.93. The Kier molecular flexibility index (Phi) is 1.08. The first-order valence-corrected chi connectivity index (χ1v) is 4.92. The zero-order chi connectivity index (χ0) is 8.18. The van der Waals surface area contributed by atoms with Crippen LogP contribution in [0.4, 0.5) is 0 Å². The fourth-order valence-corrected chi connectivity index (χ4v) is 3.23. The number of fused-ring (bicyclic) bond motifs is 4. The summed E-state index contributed by atoms with van der Waals surface area (Å²) in [6, 6.07) is 8.99. The molecule has 0 amide bonds. The number of benzene rings is 1. The van der Waals surface area contributed by atoms with Gasteiger partial charge in [-0.2, -0.15) is 0 Å². The van der Waals surface area contributed by atoms with Crippen molar-refractivity contribution >= 4 is 0 Å². The molecule has 0 radical (unpaired) electrons. The first-order valence-electron chi connectivity index (χ1n) is 4.92. The van der Waals surface area contributed by atoms with E-state index in [2.05, 4.69) is 31.2 Å². The van der Waals surface area contributed by atoms with Crippen molar-refractivity contribution in [2.45, 2.75) is 37.5 Å². The van der Waals surface area contributed by atoms with Crippen LogP contribution >= 0.6 is 0 Å². The van der Waals surface area contributed by atoms with Crippen molar-refractivity contribution in [3.05, 3.63) is 35.4 Å². The third kappa shape index (κ3) is 0.565. The zero-order valence-corrected chi connectivity index (χ0v) is 7.51. The molecule has 0 aromatic heterocycles. The van der Waals surface area contributed by atoms with E-state index in [1.54, 1.807) is 11.1 Å². The molecule has 3 rings (SSSR count). The molecule has 0 spiro atoms. The normalized spacial score (nSPS) is 36.9. The third-order valence-corrected chi connectivity index (χ3v) is 3.91. The fraction of sp³-hybridized carbons (Fsp3) is 0.500. The Morgan fingerprint density at radius 3 is 3.08 bits per heavy atom. The summed E-state index contributed by atoms with van der Waals surface area (Å²) < 4.78 is 0. The molecule has 12 heavy (non-hydrogen) atoms. The average molecular weight is 158 g/mol. The van der Waals surface area contributed by atoms with E-state index >= 15 is 0 Å². The summed E-state index contributed by atoms with van der Waals surface area (Å²) in [5, 5.41) is 0. The standard InChI is InChI=1S/C12H14/c1-12-8-4-7-11(12)9-5-2-3-6-10(9)12/h2-3,5-6,11H,4,7-8H2,1H3. The monoisotopic (exact) mass is 158 g/mol. The van der Waals surface area contributed by atoms with Crippen LogP contribution in [0.2, 0.25) is 0 Å². The summed E-state index contributed by atoms with van der Waals surface area (Å²) in [5.41, 5.74) is 3.83. The van der Waals surface area contributed by atoms with Crippen LogP contribution in [0.5, 0.6) is 0 Å². The van der Waals surface area contributed by atoms with Crippen molar-refractivity contribution < 1.29 is 0 Å². The summed E-state index contributed by atoms with van der Waals surface area (Å²) in [7, 11) is 0. The molecule has 0 nitrogen and oxygen atoms in total. The lowest BCUT2D eigenvalue weighted by molar-refractivity contribution is 0.367. The molecule has 0 N–H and O–H groups in total. The molecule has 1 saturated carbocycles. The van der Waals surface area contributed by atoms with Gasteiger partial charge in [0, 0.05) is 0 Å². The van der Waals surface area contributed by atoms with Crippen LogP contribution in [0, 0.1) is 0 Å². The third-order valence-electron chi connectivity index (χ3n) is 3.91. The molecule has 0 aliphatic heterocycles. The maximum Gasteiger partial charge on any atom is -0.000371 e. The molecule has 0 saturated heterocycles. The predicted octanol–water partition coefficient (Wildman–Crippen LogP) is 3.23. The van der Waals surface area contributed by atoms with Gasteiger partial charge in [0.1, 0.15) is 0 Å². The van der Waals surface area contributed by atoms with Gasteiger partial charge >= 0.3 is 0 Å². The molecule has 2 aliphatic rings. The van der Waals surface area contributed by atoms with Gasteiger partial charge in [-0.1, -0.05) is 37.6 Å². The summed E-state index contributed by atoms with van der Waals surface area (Å²) in [6.07, 6.45) is 4.26.